The quantitative estimate of drug-likeness (QED) is 0.743. The lowest BCUT2D eigenvalue weighted by Crippen LogP contribution is -2.39. The summed E-state index contributed by atoms with van der Waals surface area (Å²) < 4.78 is 28.1. The lowest BCUT2D eigenvalue weighted by atomic mass is 10.2. The van der Waals surface area contributed by atoms with Gasteiger partial charge in [0.05, 0.1) is 11.4 Å². The van der Waals surface area contributed by atoms with Crippen LogP contribution in [0.4, 0.5) is 0 Å². The molecule has 1 aromatic rings. The molecule has 1 saturated carbocycles. The summed E-state index contributed by atoms with van der Waals surface area (Å²) in [4.78, 5) is 0. The highest BCUT2D eigenvalue weighted by molar-refractivity contribution is 7.90. The molecule has 0 radical (unpaired) electrons. The summed E-state index contributed by atoms with van der Waals surface area (Å²) in [7, 11) is -3.08. The minimum atomic E-state index is -3.08. The first-order valence-electron chi connectivity index (χ1n) is 7.17. The van der Waals surface area contributed by atoms with Crippen LogP contribution in [0.5, 0.6) is 0 Å². The highest BCUT2D eigenvalue weighted by atomic mass is 32.2. The molecule has 1 aromatic heterocycles. The smallest absolute Gasteiger partial charge is 0.214 e. The van der Waals surface area contributed by atoms with Crippen LogP contribution < -0.4 is 10.0 Å². The van der Waals surface area contributed by atoms with E-state index in [-0.39, 0.29) is 11.3 Å². The van der Waals surface area contributed by atoms with Gasteiger partial charge in [-0.3, -0.25) is 4.68 Å². The number of aryl methyl sites for hydroxylation is 1. The van der Waals surface area contributed by atoms with Crippen molar-refractivity contribution in [2.45, 2.75) is 58.0 Å². The molecular formula is C13H24N4O2S. The van der Waals surface area contributed by atoms with Gasteiger partial charge in [0.15, 0.2) is 0 Å². The van der Waals surface area contributed by atoms with Gasteiger partial charge in [0, 0.05) is 36.9 Å². The van der Waals surface area contributed by atoms with Gasteiger partial charge >= 0.3 is 0 Å². The summed E-state index contributed by atoms with van der Waals surface area (Å²) in [5.41, 5.74) is 2.31. The van der Waals surface area contributed by atoms with E-state index in [0.29, 0.717) is 13.1 Å². The molecule has 1 aliphatic carbocycles. The Morgan fingerprint density at radius 1 is 1.50 bits per heavy atom. The molecule has 6 nitrogen and oxygen atoms in total. The van der Waals surface area contributed by atoms with Crippen molar-refractivity contribution in [2.24, 2.45) is 0 Å². The van der Waals surface area contributed by atoms with E-state index in [1.54, 1.807) is 0 Å². The summed E-state index contributed by atoms with van der Waals surface area (Å²) in [5.74, 6) is 0. The Balaban J connectivity index is 1.77. The van der Waals surface area contributed by atoms with E-state index in [1.807, 2.05) is 24.7 Å². The number of rotatable bonds is 8. The molecule has 0 bridgehead atoms. The summed E-state index contributed by atoms with van der Waals surface area (Å²) in [6.45, 7) is 8.09. The van der Waals surface area contributed by atoms with Crippen molar-refractivity contribution in [1.82, 2.24) is 19.8 Å². The molecule has 20 heavy (non-hydrogen) atoms. The topological polar surface area (TPSA) is 76.0 Å². The number of aromatic nitrogens is 2. The Morgan fingerprint density at radius 3 is 2.75 bits per heavy atom. The van der Waals surface area contributed by atoms with E-state index >= 15 is 0 Å². The third kappa shape index (κ3) is 3.80. The van der Waals surface area contributed by atoms with Crippen molar-refractivity contribution >= 4 is 10.0 Å². The van der Waals surface area contributed by atoms with Crippen LogP contribution in [0.3, 0.4) is 0 Å². The SMILES string of the molecule is CCn1ncc(CN[C@@H](C)CNS(=O)(=O)C2CC2)c1C. The lowest BCUT2D eigenvalue weighted by molar-refractivity contribution is 0.522. The summed E-state index contributed by atoms with van der Waals surface area (Å²) in [6.07, 6.45) is 3.46. The minimum Gasteiger partial charge on any atom is -0.309 e. The molecule has 1 atom stereocenters. The van der Waals surface area contributed by atoms with Gasteiger partial charge < -0.3 is 5.32 Å². The number of hydrogen-bond acceptors (Lipinski definition) is 4. The van der Waals surface area contributed by atoms with Crippen molar-refractivity contribution in [3.8, 4) is 0 Å². The molecule has 1 heterocycles. The van der Waals surface area contributed by atoms with Crippen LogP contribution in [0.2, 0.25) is 0 Å². The minimum absolute atomic E-state index is 0.0906. The van der Waals surface area contributed by atoms with Gasteiger partial charge in [0.2, 0.25) is 10.0 Å². The van der Waals surface area contributed by atoms with E-state index < -0.39 is 10.0 Å². The Bertz CT molecular complexity index is 549. The Labute approximate surface area is 121 Å². The highest BCUT2D eigenvalue weighted by Gasteiger charge is 2.35. The largest absolute Gasteiger partial charge is 0.309 e. The van der Waals surface area contributed by atoms with Gasteiger partial charge in [-0.25, -0.2) is 13.1 Å². The summed E-state index contributed by atoms with van der Waals surface area (Å²) >= 11 is 0. The highest BCUT2D eigenvalue weighted by Crippen LogP contribution is 2.27. The van der Waals surface area contributed by atoms with E-state index in [4.69, 9.17) is 0 Å². The molecule has 0 saturated heterocycles. The van der Waals surface area contributed by atoms with Crippen LogP contribution in [-0.4, -0.2) is 36.0 Å². The van der Waals surface area contributed by atoms with Crippen LogP contribution in [0, 0.1) is 6.92 Å². The van der Waals surface area contributed by atoms with E-state index in [0.717, 1.165) is 30.6 Å². The summed E-state index contributed by atoms with van der Waals surface area (Å²) in [5, 5.41) is 7.47. The van der Waals surface area contributed by atoms with Crippen molar-refractivity contribution in [3.05, 3.63) is 17.5 Å². The maximum atomic E-state index is 11.7. The van der Waals surface area contributed by atoms with Crippen LogP contribution >= 0.6 is 0 Å². The van der Waals surface area contributed by atoms with Crippen LogP contribution in [0.15, 0.2) is 6.20 Å². The fourth-order valence-electron chi connectivity index (χ4n) is 2.07. The Hall–Kier alpha value is -0.920. The first-order valence-corrected chi connectivity index (χ1v) is 8.71. The first-order chi connectivity index (χ1) is 9.44. The maximum Gasteiger partial charge on any atom is 0.214 e. The number of nitrogens with zero attached hydrogens (tertiary/aromatic N) is 2. The molecule has 0 aliphatic heterocycles. The number of hydrogen-bond donors (Lipinski definition) is 2. The second kappa shape index (κ2) is 6.24. The molecule has 1 fully saturated rings. The standard InChI is InChI=1S/C13H24N4O2S/c1-4-17-11(3)12(9-15-17)8-14-10(2)7-16-20(18,19)13-5-6-13/h9-10,13-14,16H,4-8H2,1-3H3/t10-/m0/s1. The van der Waals surface area contributed by atoms with Crippen molar-refractivity contribution in [3.63, 3.8) is 0 Å². The predicted octanol–water partition coefficient (Wildman–Crippen LogP) is 0.771. The first kappa shape index (κ1) is 15.5. The molecule has 2 N–H and O–H groups in total. The van der Waals surface area contributed by atoms with Gasteiger partial charge in [-0.1, -0.05) is 0 Å². The van der Waals surface area contributed by atoms with Gasteiger partial charge in [-0.05, 0) is 33.6 Å². The average Bonchev–Trinajstić information content (AvgIpc) is 3.20. The predicted molar refractivity (Wildman–Crippen MR) is 78.9 cm³/mol. The van der Waals surface area contributed by atoms with Gasteiger partial charge in [-0.15, -0.1) is 0 Å². The van der Waals surface area contributed by atoms with E-state index in [9.17, 15) is 8.42 Å². The van der Waals surface area contributed by atoms with Crippen LogP contribution in [0.25, 0.3) is 0 Å². The fourth-order valence-corrected chi connectivity index (χ4v) is 3.55. The molecule has 0 amide bonds. The fraction of sp³-hybridized carbons (Fsp3) is 0.769. The third-order valence-electron chi connectivity index (χ3n) is 3.70. The molecule has 1 aliphatic rings. The zero-order valence-electron chi connectivity index (χ0n) is 12.4. The van der Waals surface area contributed by atoms with E-state index in [2.05, 4.69) is 22.1 Å². The summed E-state index contributed by atoms with van der Waals surface area (Å²) in [6, 6.07) is 0.0906. The molecular weight excluding hydrogens is 276 g/mol. The second-order valence-corrected chi connectivity index (χ2v) is 7.49. The molecule has 0 unspecified atom stereocenters. The number of nitrogens with one attached hydrogen (secondary N) is 2. The van der Waals surface area contributed by atoms with Crippen molar-refractivity contribution in [1.29, 1.82) is 0 Å². The molecule has 2 rings (SSSR count). The molecule has 0 aromatic carbocycles. The average molecular weight is 300 g/mol. The third-order valence-corrected chi connectivity index (χ3v) is 5.62. The van der Waals surface area contributed by atoms with Crippen LogP contribution in [0.1, 0.15) is 37.9 Å². The molecule has 7 heteroatoms. The Morgan fingerprint density at radius 2 is 2.20 bits per heavy atom. The number of sulfonamides is 1. The van der Waals surface area contributed by atoms with Crippen molar-refractivity contribution in [2.75, 3.05) is 6.54 Å². The normalized spacial score (nSPS) is 17.4. The Kier molecular flexibility index (Phi) is 4.82. The monoisotopic (exact) mass is 300 g/mol. The van der Waals surface area contributed by atoms with Gasteiger partial charge in [0.1, 0.15) is 0 Å². The van der Waals surface area contributed by atoms with Crippen molar-refractivity contribution < 1.29 is 8.42 Å². The zero-order chi connectivity index (χ0) is 14.8. The zero-order valence-corrected chi connectivity index (χ0v) is 13.2. The molecule has 114 valence electrons. The van der Waals surface area contributed by atoms with Gasteiger partial charge in [0.25, 0.3) is 0 Å². The second-order valence-electron chi connectivity index (χ2n) is 5.45. The van der Waals surface area contributed by atoms with E-state index in [1.165, 1.54) is 0 Å². The lowest BCUT2D eigenvalue weighted by Gasteiger charge is -2.14. The van der Waals surface area contributed by atoms with Gasteiger partial charge in [-0.2, -0.15) is 5.10 Å². The molecule has 0 spiro atoms. The maximum absolute atomic E-state index is 11.7. The van der Waals surface area contributed by atoms with Crippen LogP contribution in [-0.2, 0) is 23.1 Å².